The van der Waals surface area contributed by atoms with Gasteiger partial charge in [0.1, 0.15) is 12.3 Å². The van der Waals surface area contributed by atoms with Gasteiger partial charge in [-0.3, -0.25) is 0 Å². The van der Waals surface area contributed by atoms with E-state index < -0.39 is 12.2 Å². The van der Waals surface area contributed by atoms with E-state index in [4.69, 9.17) is 11.2 Å². The lowest BCUT2D eigenvalue weighted by molar-refractivity contribution is -0.0416. The molecule has 2 aromatic carbocycles. The first-order chi connectivity index (χ1) is 11.2. The van der Waals surface area contributed by atoms with Crippen molar-refractivity contribution in [2.75, 3.05) is 6.61 Å². The molecule has 0 spiro atoms. The summed E-state index contributed by atoms with van der Waals surface area (Å²) in [7, 11) is 0. The standard InChI is InChI=1S/C19H17NO3/c1-2-12-7-8-16-14(9-12)13-5-3-4-6-15(13)20(16)19-10-17(22)18(11-21)23-19/h1,3-9,17-19,21-22H,10-11H2/t17-,18+,19+/m0/s1. The van der Waals surface area contributed by atoms with Gasteiger partial charge in [-0.1, -0.05) is 24.1 Å². The Morgan fingerprint density at radius 3 is 2.70 bits per heavy atom. The van der Waals surface area contributed by atoms with E-state index in [0.29, 0.717) is 6.42 Å². The normalized spacial score (nSPS) is 24.3. The molecule has 3 aromatic rings. The second kappa shape index (κ2) is 5.39. The molecule has 23 heavy (non-hydrogen) atoms. The number of para-hydroxylation sites is 1. The number of terminal acetylenes is 1. The molecule has 4 rings (SSSR count). The van der Waals surface area contributed by atoms with Gasteiger partial charge in [-0.25, -0.2) is 0 Å². The molecule has 4 heteroatoms. The van der Waals surface area contributed by atoms with Crippen LogP contribution in [-0.4, -0.2) is 33.6 Å². The average molecular weight is 307 g/mol. The van der Waals surface area contributed by atoms with E-state index in [9.17, 15) is 10.2 Å². The molecule has 0 aliphatic carbocycles. The first kappa shape index (κ1) is 14.3. The van der Waals surface area contributed by atoms with Crippen LogP contribution >= 0.6 is 0 Å². The summed E-state index contributed by atoms with van der Waals surface area (Å²) in [6, 6.07) is 14.0. The zero-order valence-corrected chi connectivity index (χ0v) is 12.5. The molecule has 1 aromatic heterocycles. The lowest BCUT2D eigenvalue weighted by atomic mass is 10.1. The lowest BCUT2D eigenvalue weighted by Gasteiger charge is -2.16. The van der Waals surface area contributed by atoms with Gasteiger partial charge in [0.15, 0.2) is 0 Å². The van der Waals surface area contributed by atoms with Crippen molar-refractivity contribution >= 4 is 21.8 Å². The molecule has 0 bridgehead atoms. The highest BCUT2D eigenvalue weighted by atomic mass is 16.5. The molecule has 0 saturated carbocycles. The average Bonchev–Trinajstić information content (AvgIpc) is 3.11. The van der Waals surface area contributed by atoms with Crippen molar-refractivity contribution in [3.8, 4) is 12.3 Å². The zero-order chi connectivity index (χ0) is 16.0. The van der Waals surface area contributed by atoms with Gasteiger partial charge in [-0.05, 0) is 24.3 Å². The van der Waals surface area contributed by atoms with Crippen molar-refractivity contribution < 1.29 is 14.9 Å². The maximum Gasteiger partial charge on any atom is 0.137 e. The maximum atomic E-state index is 10.1. The maximum absolute atomic E-state index is 10.1. The minimum atomic E-state index is -0.661. The topological polar surface area (TPSA) is 54.6 Å². The van der Waals surface area contributed by atoms with Crippen molar-refractivity contribution in [2.45, 2.75) is 24.9 Å². The van der Waals surface area contributed by atoms with E-state index in [1.807, 2.05) is 36.4 Å². The van der Waals surface area contributed by atoms with E-state index in [-0.39, 0.29) is 12.8 Å². The van der Waals surface area contributed by atoms with Crippen LogP contribution < -0.4 is 0 Å². The van der Waals surface area contributed by atoms with Crippen LogP contribution in [0.25, 0.3) is 21.8 Å². The molecule has 3 atom stereocenters. The Balaban J connectivity index is 1.96. The van der Waals surface area contributed by atoms with Gasteiger partial charge in [0.2, 0.25) is 0 Å². The molecular formula is C19H17NO3. The summed E-state index contributed by atoms with van der Waals surface area (Å²) in [5.41, 5.74) is 2.88. The lowest BCUT2D eigenvalue weighted by Crippen LogP contribution is -2.24. The van der Waals surface area contributed by atoms with Gasteiger partial charge in [0, 0.05) is 22.8 Å². The van der Waals surface area contributed by atoms with Crippen LogP contribution in [0.4, 0.5) is 0 Å². The van der Waals surface area contributed by atoms with Gasteiger partial charge >= 0.3 is 0 Å². The molecule has 0 amide bonds. The quantitative estimate of drug-likeness (QED) is 0.715. The van der Waals surface area contributed by atoms with Gasteiger partial charge < -0.3 is 19.5 Å². The molecule has 1 saturated heterocycles. The highest BCUT2D eigenvalue weighted by molar-refractivity contribution is 6.08. The number of hydrogen-bond donors (Lipinski definition) is 2. The summed E-state index contributed by atoms with van der Waals surface area (Å²) >= 11 is 0. The third-order valence-corrected chi connectivity index (χ3v) is 4.55. The Kier molecular flexibility index (Phi) is 3.35. The molecule has 0 unspecified atom stereocenters. The van der Waals surface area contributed by atoms with Crippen molar-refractivity contribution in [3.63, 3.8) is 0 Å². The van der Waals surface area contributed by atoms with E-state index >= 15 is 0 Å². The number of hydrogen-bond acceptors (Lipinski definition) is 3. The predicted octanol–water partition coefficient (Wildman–Crippen LogP) is 2.42. The molecule has 1 aliphatic rings. The Labute approximate surface area is 133 Å². The van der Waals surface area contributed by atoms with E-state index in [1.54, 1.807) is 0 Å². The van der Waals surface area contributed by atoms with Crippen molar-refractivity contribution in [3.05, 3.63) is 48.0 Å². The predicted molar refractivity (Wildman–Crippen MR) is 89.0 cm³/mol. The first-order valence-electron chi connectivity index (χ1n) is 7.66. The van der Waals surface area contributed by atoms with Gasteiger partial charge in [0.25, 0.3) is 0 Å². The SMILES string of the molecule is C#Cc1ccc2c(c1)c1ccccc1n2[C@H]1C[C@H](O)[C@@H](CO)O1. The molecule has 4 nitrogen and oxygen atoms in total. The summed E-state index contributed by atoms with van der Waals surface area (Å²) in [5.74, 6) is 2.67. The third-order valence-electron chi connectivity index (χ3n) is 4.55. The molecule has 2 N–H and O–H groups in total. The molecule has 1 fully saturated rings. The summed E-state index contributed by atoms with van der Waals surface area (Å²) in [6.07, 6.45) is 4.47. The van der Waals surface area contributed by atoms with Crippen molar-refractivity contribution in [1.82, 2.24) is 4.57 Å². The van der Waals surface area contributed by atoms with Gasteiger partial charge in [-0.2, -0.15) is 0 Å². The van der Waals surface area contributed by atoms with Crippen LogP contribution in [0.15, 0.2) is 42.5 Å². The fourth-order valence-corrected chi connectivity index (χ4v) is 3.44. The molecule has 1 aliphatic heterocycles. The van der Waals surface area contributed by atoms with Crippen LogP contribution in [0.3, 0.4) is 0 Å². The number of benzene rings is 2. The fraction of sp³-hybridized carbons (Fsp3) is 0.263. The highest BCUT2D eigenvalue weighted by Gasteiger charge is 2.35. The van der Waals surface area contributed by atoms with Crippen LogP contribution in [-0.2, 0) is 4.74 Å². The number of aliphatic hydroxyl groups excluding tert-OH is 2. The Morgan fingerprint density at radius 1 is 1.17 bits per heavy atom. The first-order valence-corrected chi connectivity index (χ1v) is 7.66. The monoisotopic (exact) mass is 307 g/mol. The number of ether oxygens (including phenoxy) is 1. The smallest absolute Gasteiger partial charge is 0.137 e. The summed E-state index contributed by atoms with van der Waals surface area (Å²) in [5, 5.41) is 21.6. The Morgan fingerprint density at radius 2 is 1.96 bits per heavy atom. The second-order valence-corrected chi connectivity index (χ2v) is 5.88. The minimum absolute atomic E-state index is 0.184. The molecule has 0 radical (unpaired) electrons. The summed E-state index contributed by atoms with van der Waals surface area (Å²) in [6.45, 7) is -0.184. The second-order valence-electron chi connectivity index (χ2n) is 5.88. The van der Waals surface area contributed by atoms with Crippen LogP contribution in [0, 0.1) is 12.3 Å². The summed E-state index contributed by atoms with van der Waals surface area (Å²) in [4.78, 5) is 0. The molecule has 116 valence electrons. The van der Waals surface area contributed by atoms with E-state index in [2.05, 4.69) is 16.6 Å². The zero-order valence-electron chi connectivity index (χ0n) is 12.5. The van der Waals surface area contributed by atoms with Crippen molar-refractivity contribution in [2.24, 2.45) is 0 Å². The Hall–Kier alpha value is -2.32. The molecular weight excluding hydrogens is 290 g/mol. The number of aromatic nitrogens is 1. The number of aliphatic hydroxyl groups is 2. The van der Waals surface area contributed by atoms with Crippen LogP contribution in [0.1, 0.15) is 18.2 Å². The molecule has 2 heterocycles. The number of rotatable bonds is 2. The van der Waals surface area contributed by atoms with Gasteiger partial charge in [0.05, 0.1) is 23.7 Å². The Bertz CT molecular complexity index is 921. The van der Waals surface area contributed by atoms with E-state index in [0.717, 1.165) is 27.4 Å². The van der Waals surface area contributed by atoms with Crippen molar-refractivity contribution in [1.29, 1.82) is 0 Å². The largest absolute Gasteiger partial charge is 0.394 e. The van der Waals surface area contributed by atoms with Gasteiger partial charge in [-0.15, -0.1) is 6.42 Å². The number of fused-ring (bicyclic) bond motifs is 3. The number of nitrogens with zero attached hydrogens (tertiary/aromatic N) is 1. The van der Waals surface area contributed by atoms with Crippen LogP contribution in [0.2, 0.25) is 0 Å². The fourth-order valence-electron chi connectivity index (χ4n) is 3.44. The highest BCUT2D eigenvalue weighted by Crippen LogP contribution is 2.37. The minimum Gasteiger partial charge on any atom is -0.394 e. The summed E-state index contributed by atoms with van der Waals surface area (Å²) < 4.78 is 7.95. The third kappa shape index (κ3) is 2.13. The van der Waals surface area contributed by atoms with E-state index in [1.165, 1.54) is 0 Å². The van der Waals surface area contributed by atoms with Crippen LogP contribution in [0.5, 0.6) is 0 Å².